The first-order valence-electron chi connectivity index (χ1n) is 7.41. The molecule has 0 saturated carbocycles. The molecule has 0 aliphatic carbocycles. The minimum absolute atomic E-state index is 0.0917. The van der Waals surface area contributed by atoms with Crippen molar-refractivity contribution in [3.8, 4) is 10.7 Å². The summed E-state index contributed by atoms with van der Waals surface area (Å²) in [5, 5.41) is 5.92. The third-order valence-electron chi connectivity index (χ3n) is 3.69. The van der Waals surface area contributed by atoms with Gasteiger partial charge >= 0.3 is 0 Å². The minimum Gasteiger partial charge on any atom is -0.375 e. The SMILES string of the molecule is C[C@@H]1CN(C(=O)CCc2nc(-c3cccs3)no2)[C@H](C)CO1. The first kappa shape index (κ1) is 15.2. The van der Waals surface area contributed by atoms with Gasteiger partial charge in [-0.1, -0.05) is 11.2 Å². The summed E-state index contributed by atoms with van der Waals surface area (Å²) in [7, 11) is 0. The van der Waals surface area contributed by atoms with Crippen molar-refractivity contribution in [3.05, 3.63) is 23.4 Å². The van der Waals surface area contributed by atoms with Crippen LogP contribution in [0.2, 0.25) is 0 Å². The number of ether oxygens (including phenoxy) is 1. The van der Waals surface area contributed by atoms with E-state index in [0.29, 0.717) is 37.7 Å². The Bertz CT molecular complexity index is 626. The van der Waals surface area contributed by atoms with Gasteiger partial charge in [-0.2, -0.15) is 4.98 Å². The second kappa shape index (κ2) is 6.58. The van der Waals surface area contributed by atoms with E-state index in [2.05, 4.69) is 10.1 Å². The highest BCUT2D eigenvalue weighted by Gasteiger charge is 2.27. The standard InChI is InChI=1S/C15H19N3O3S/c1-10-9-20-11(2)8-18(10)14(19)6-5-13-16-15(17-21-13)12-4-3-7-22-12/h3-4,7,10-11H,5-6,8-9H2,1-2H3/t10-,11-/m1/s1. The second-order valence-electron chi connectivity index (χ2n) is 5.53. The van der Waals surface area contributed by atoms with Crippen LogP contribution in [-0.4, -0.2) is 46.2 Å². The molecule has 1 saturated heterocycles. The molecule has 1 aliphatic rings. The van der Waals surface area contributed by atoms with Crippen molar-refractivity contribution < 1.29 is 14.1 Å². The molecule has 22 heavy (non-hydrogen) atoms. The van der Waals surface area contributed by atoms with Crippen molar-refractivity contribution >= 4 is 17.2 Å². The number of carbonyl (C=O) groups is 1. The van der Waals surface area contributed by atoms with Gasteiger partial charge in [-0.05, 0) is 25.3 Å². The number of rotatable bonds is 4. The molecule has 3 rings (SSSR count). The van der Waals surface area contributed by atoms with E-state index >= 15 is 0 Å². The molecule has 0 N–H and O–H groups in total. The van der Waals surface area contributed by atoms with Crippen LogP contribution < -0.4 is 0 Å². The molecule has 0 unspecified atom stereocenters. The number of hydrogen-bond donors (Lipinski definition) is 0. The fourth-order valence-corrected chi connectivity index (χ4v) is 3.12. The van der Waals surface area contributed by atoms with E-state index in [4.69, 9.17) is 9.26 Å². The highest BCUT2D eigenvalue weighted by molar-refractivity contribution is 7.13. The smallest absolute Gasteiger partial charge is 0.227 e. The lowest BCUT2D eigenvalue weighted by Gasteiger charge is -2.36. The van der Waals surface area contributed by atoms with Crippen molar-refractivity contribution in [3.63, 3.8) is 0 Å². The van der Waals surface area contributed by atoms with E-state index in [-0.39, 0.29) is 18.1 Å². The molecule has 1 aliphatic heterocycles. The molecule has 0 spiro atoms. The Morgan fingerprint density at radius 1 is 1.50 bits per heavy atom. The number of aryl methyl sites for hydroxylation is 1. The summed E-state index contributed by atoms with van der Waals surface area (Å²) in [5.74, 6) is 1.20. The maximum Gasteiger partial charge on any atom is 0.227 e. The average molecular weight is 321 g/mol. The van der Waals surface area contributed by atoms with Gasteiger partial charge < -0.3 is 14.2 Å². The summed E-state index contributed by atoms with van der Waals surface area (Å²) in [6, 6.07) is 4.01. The zero-order valence-corrected chi connectivity index (χ0v) is 13.5. The summed E-state index contributed by atoms with van der Waals surface area (Å²) in [6.07, 6.45) is 0.938. The number of hydrogen-bond acceptors (Lipinski definition) is 6. The Morgan fingerprint density at radius 2 is 2.36 bits per heavy atom. The van der Waals surface area contributed by atoms with E-state index in [9.17, 15) is 4.79 Å². The molecule has 0 radical (unpaired) electrons. The lowest BCUT2D eigenvalue weighted by Crippen LogP contribution is -2.50. The van der Waals surface area contributed by atoms with Crippen LogP contribution in [-0.2, 0) is 16.0 Å². The molecule has 0 bridgehead atoms. The largest absolute Gasteiger partial charge is 0.375 e. The zero-order valence-electron chi connectivity index (χ0n) is 12.7. The van der Waals surface area contributed by atoms with Gasteiger partial charge in [-0.25, -0.2) is 0 Å². The summed E-state index contributed by atoms with van der Waals surface area (Å²) in [4.78, 5) is 19.5. The van der Waals surface area contributed by atoms with E-state index in [0.717, 1.165) is 4.88 Å². The van der Waals surface area contributed by atoms with Gasteiger partial charge in [0.25, 0.3) is 0 Å². The van der Waals surface area contributed by atoms with Crippen LogP contribution in [0.3, 0.4) is 0 Å². The number of aromatic nitrogens is 2. The molecule has 0 aromatic carbocycles. The van der Waals surface area contributed by atoms with E-state index < -0.39 is 0 Å². The third kappa shape index (κ3) is 3.36. The fraction of sp³-hybridized carbons (Fsp3) is 0.533. The van der Waals surface area contributed by atoms with Crippen molar-refractivity contribution in [1.82, 2.24) is 15.0 Å². The third-order valence-corrected chi connectivity index (χ3v) is 4.56. The van der Waals surface area contributed by atoms with Crippen LogP contribution >= 0.6 is 11.3 Å². The second-order valence-corrected chi connectivity index (χ2v) is 6.48. The van der Waals surface area contributed by atoms with E-state index in [1.54, 1.807) is 11.3 Å². The molecule has 7 heteroatoms. The minimum atomic E-state index is 0.0917. The van der Waals surface area contributed by atoms with Gasteiger partial charge in [0.15, 0.2) is 0 Å². The van der Waals surface area contributed by atoms with Gasteiger partial charge in [-0.15, -0.1) is 11.3 Å². The van der Waals surface area contributed by atoms with Crippen LogP contribution in [0.25, 0.3) is 10.7 Å². The van der Waals surface area contributed by atoms with Crippen LogP contribution in [0.1, 0.15) is 26.2 Å². The van der Waals surface area contributed by atoms with E-state index in [1.165, 1.54) is 0 Å². The van der Waals surface area contributed by atoms with E-state index in [1.807, 2.05) is 36.3 Å². The fourth-order valence-electron chi connectivity index (χ4n) is 2.47. The summed E-state index contributed by atoms with van der Waals surface area (Å²) < 4.78 is 10.8. The molecule has 2 aromatic rings. The molecule has 118 valence electrons. The predicted octanol–water partition coefficient (Wildman–Crippen LogP) is 2.37. The molecule has 6 nitrogen and oxygen atoms in total. The van der Waals surface area contributed by atoms with Gasteiger partial charge in [0.05, 0.1) is 23.6 Å². The summed E-state index contributed by atoms with van der Waals surface area (Å²) in [6.45, 7) is 5.23. The van der Waals surface area contributed by atoms with Gasteiger partial charge in [0.2, 0.25) is 17.6 Å². The number of thiophene rings is 1. The zero-order chi connectivity index (χ0) is 15.5. The van der Waals surface area contributed by atoms with Crippen LogP contribution in [0, 0.1) is 0 Å². The maximum atomic E-state index is 12.3. The Balaban J connectivity index is 1.57. The number of morpholine rings is 1. The molecule has 1 amide bonds. The van der Waals surface area contributed by atoms with Crippen LogP contribution in [0.15, 0.2) is 22.0 Å². The Morgan fingerprint density at radius 3 is 3.14 bits per heavy atom. The van der Waals surface area contributed by atoms with Crippen molar-refractivity contribution in [2.75, 3.05) is 13.2 Å². The van der Waals surface area contributed by atoms with Crippen LogP contribution in [0.4, 0.5) is 0 Å². The summed E-state index contributed by atoms with van der Waals surface area (Å²) in [5.41, 5.74) is 0. The van der Waals surface area contributed by atoms with Gasteiger partial charge in [0, 0.05) is 19.4 Å². The first-order valence-corrected chi connectivity index (χ1v) is 8.29. The van der Waals surface area contributed by atoms with Gasteiger partial charge in [-0.3, -0.25) is 4.79 Å². The quantitative estimate of drug-likeness (QED) is 0.865. The lowest BCUT2D eigenvalue weighted by molar-refractivity contribution is -0.143. The van der Waals surface area contributed by atoms with Crippen molar-refractivity contribution in [2.24, 2.45) is 0 Å². The normalized spacial score (nSPS) is 22.0. The molecular weight excluding hydrogens is 302 g/mol. The highest BCUT2D eigenvalue weighted by atomic mass is 32.1. The van der Waals surface area contributed by atoms with Crippen molar-refractivity contribution in [1.29, 1.82) is 0 Å². The maximum absolute atomic E-state index is 12.3. The average Bonchev–Trinajstić information content (AvgIpc) is 3.17. The monoisotopic (exact) mass is 321 g/mol. The number of carbonyl (C=O) groups excluding carboxylic acids is 1. The van der Waals surface area contributed by atoms with Gasteiger partial charge in [0.1, 0.15) is 0 Å². The topological polar surface area (TPSA) is 68.5 Å². The van der Waals surface area contributed by atoms with Crippen molar-refractivity contribution in [2.45, 2.75) is 38.8 Å². The molecular formula is C15H19N3O3S. The Labute approximate surface area is 133 Å². The lowest BCUT2D eigenvalue weighted by atomic mass is 10.1. The Hall–Kier alpha value is -1.73. The Kier molecular flexibility index (Phi) is 4.54. The number of amides is 1. The molecule has 2 atom stereocenters. The predicted molar refractivity (Wildman–Crippen MR) is 82.5 cm³/mol. The molecule has 3 heterocycles. The highest BCUT2D eigenvalue weighted by Crippen LogP contribution is 2.21. The first-order chi connectivity index (χ1) is 10.6. The number of nitrogens with zero attached hydrogens (tertiary/aromatic N) is 3. The van der Waals surface area contributed by atoms with Crippen LogP contribution in [0.5, 0.6) is 0 Å². The molecule has 2 aromatic heterocycles. The molecule has 1 fully saturated rings. The summed E-state index contributed by atoms with van der Waals surface area (Å²) >= 11 is 1.56.